The standard InChI is InChI=1S/C9H13S/c1-7(2)4-9-5-8(3)6-10-9/h5-6H,4H2,1-3H3. The minimum Gasteiger partial charge on any atom is -0.149 e. The summed E-state index contributed by atoms with van der Waals surface area (Å²) in [7, 11) is 0. The zero-order valence-electron chi connectivity index (χ0n) is 6.77. The van der Waals surface area contributed by atoms with Crippen LogP contribution in [-0.4, -0.2) is 0 Å². The molecule has 0 aliphatic carbocycles. The van der Waals surface area contributed by atoms with Crippen molar-refractivity contribution < 1.29 is 0 Å². The third-order valence-corrected chi connectivity index (χ3v) is 2.37. The highest BCUT2D eigenvalue weighted by atomic mass is 32.1. The minimum atomic E-state index is 1.15. The summed E-state index contributed by atoms with van der Waals surface area (Å²) in [6.45, 7) is 6.50. The lowest BCUT2D eigenvalue weighted by atomic mass is 10.1. The number of rotatable bonds is 2. The first-order valence-corrected chi connectivity index (χ1v) is 4.39. The maximum Gasteiger partial charge on any atom is 0.00534 e. The molecule has 1 rings (SSSR count). The fourth-order valence-corrected chi connectivity index (χ4v) is 1.96. The molecular weight excluding hydrogens is 140 g/mol. The third kappa shape index (κ3) is 2.14. The second-order valence-corrected chi connectivity index (χ2v) is 3.97. The highest BCUT2D eigenvalue weighted by Crippen LogP contribution is 2.17. The van der Waals surface area contributed by atoms with E-state index >= 15 is 0 Å². The van der Waals surface area contributed by atoms with Crippen molar-refractivity contribution in [2.45, 2.75) is 27.2 Å². The summed E-state index contributed by atoms with van der Waals surface area (Å²) in [5.74, 6) is 1.49. The monoisotopic (exact) mass is 153 g/mol. The normalized spacial score (nSPS) is 10.8. The van der Waals surface area contributed by atoms with Gasteiger partial charge in [-0.3, -0.25) is 0 Å². The quantitative estimate of drug-likeness (QED) is 0.612. The molecule has 0 aliphatic rings. The van der Waals surface area contributed by atoms with Gasteiger partial charge in [-0.1, -0.05) is 13.8 Å². The van der Waals surface area contributed by atoms with E-state index in [1.54, 1.807) is 0 Å². The Labute approximate surface area is 66.9 Å². The molecule has 0 unspecified atom stereocenters. The van der Waals surface area contributed by atoms with Crippen molar-refractivity contribution in [1.29, 1.82) is 0 Å². The second-order valence-electron chi connectivity index (χ2n) is 2.97. The van der Waals surface area contributed by atoms with Gasteiger partial charge in [0.2, 0.25) is 0 Å². The van der Waals surface area contributed by atoms with Crippen LogP contribution in [0.25, 0.3) is 0 Å². The Kier molecular flexibility index (Phi) is 2.50. The van der Waals surface area contributed by atoms with Gasteiger partial charge in [0.1, 0.15) is 0 Å². The lowest BCUT2D eigenvalue weighted by molar-refractivity contribution is 0.974. The van der Waals surface area contributed by atoms with Crippen molar-refractivity contribution in [3.63, 3.8) is 0 Å². The van der Waals surface area contributed by atoms with Gasteiger partial charge >= 0.3 is 0 Å². The zero-order chi connectivity index (χ0) is 7.56. The Morgan fingerprint density at radius 3 is 2.60 bits per heavy atom. The van der Waals surface area contributed by atoms with Gasteiger partial charge in [-0.15, -0.1) is 11.3 Å². The molecule has 0 amide bonds. The van der Waals surface area contributed by atoms with Crippen molar-refractivity contribution in [1.82, 2.24) is 0 Å². The predicted octanol–water partition coefficient (Wildman–Crippen LogP) is 3.21. The average molecular weight is 153 g/mol. The molecule has 55 valence electrons. The van der Waals surface area contributed by atoms with Gasteiger partial charge in [0, 0.05) is 4.88 Å². The zero-order valence-corrected chi connectivity index (χ0v) is 7.59. The van der Waals surface area contributed by atoms with Crippen LogP contribution in [0.3, 0.4) is 0 Å². The lowest BCUT2D eigenvalue weighted by Crippen LogP contribution is -1.86. The average Bonchev–Trinajstić information content (AvgIpc) is 2.13. The van der Waals surface area contributed by atoms with Crippen LogP contribution in [0.4, 0.5) is 0 Å². The maximum atomic E-state index is 2.26. The van der Waals surface area contributed by atoms with Crippen LogP contribution in [0.15, 0.2) is 11.4 Å². The molecule has 0 bridgehead atoms. The first-order chi connectivity index (χ1) is 4.68. The highest BCUT2D eigenvalue weighted by molar-refractivity contribution is 7.10. The van der Waals surface area contributed by atoms with Gasteiger partial charge in [-0.2, -0.15) is 0 Å². The molecule has 1 heteroatoms. The lowest BCUT2D eigenvalue weighted by Gasteiger charge is -1.98. The molecule has 0 fully saturated rings. The smallest absolute Gasteiger partial charge is 0.00534 e. The molecule has 0 nitrogen and oxygen atoms in total. The topological polar surface area (TPSA) is 0 Å². The fourth-order valence-electron chi connectivity index (χ4n) is 0.932. The van der Waals surface area contributed by atoms with Crippen LogP contribution in [0, 0.1) is 12.8 Å². The molecule has 0 spiro atoms. The Bertz CT molecular complexity index is 198. The molecule has 0 aliphatic heterocycles. The molecule has 1 aromatic heterocycles. The number of hydrogen-bond donors (Lipinski definition) is 0. The van der Waals surface area contributed by atoms with Crippen LogP contribution < -0.4 is 0 Å². The van der Waals surface area contributed by atoms with Gasteiger partial charge in [0.25, 0.3) is 0 Å². The summed E-state index contributed by atoms with van der Waals surface area (Å²) >= 11 is 1.86. The summed E-state index contributed by atoms with van der Waals surface area (Å²) in [6.07, 6.45) is 1.15. The van der Waals surface area contributed by atoms with Crippen molar-refractivity contribution in [2.24, 2.45) is 0 Å². The fraction of sp³-hybridized carbons (Fsp3) is 0.444. The van der Waals surface area contributed by atoms with E-state index in [-0.39, 0.29) is 0 Å². The van der Waals surface area contributed by atoms with Crippen LogP contribution in [0.5, 0.6) is 0 Å². The van der Waals surface area contributed by atoms with Crippen molar-refractivity contribution in [2.75, 3.05) is 0 Å². The SMILES string of the molecule is C[C](C)Cc1cc(C)cs1. The van der Waals surface area contributed by atoms with Crippen molar-refractivity contribution >= 4 is 11.3 Å². The Morgan fingerprint density at radius 1 is 1.50 bits per heavy atom. The van der Waals surface area contributed by atoms with Crippen LogP contribution in [0.1, 0.15) is 24.3 Å². The Hall–Kier alpha value is -0.300. The van der Waals surface area contributed by atoms with E-state index in [4.69, 9.17) is 0 Å². The van der Waals surface area contributed by atoms with Gasteiger partial charge in [-0.05, 0) is 36.3 Å². The van der Waals surface area contributed by atoms with Gasteiger partial charge < -0.3 is 0 Å². The molecule has 0 atom stereocenters. The van der Waals surface area contributed by atoms with E-state index in [0.29, 0.717) is 0 Å². The largest absolute Gasteiger partial charge is 0.149 e. The third-order valence-electron chi connectivity index (χ3n) is 1.31. The van der Waals surface area contributed by atoms with E-state index in [1.807, 2.05) is 11.3 Å². The van der Waals surface area contributed by atoms with Crippen LogP contribution >= 0.6 is 11.3 Å². The molecular formula is C9H13S. The summed E-state index contributed by atoms with van der Waals surface area (Å²) in [6, 6.07) is 2.26. The van der Waals surface area contributed by atoms with E-state index in [0.717, 1.165) is 6.42 Å². The molecule has 1 aromatic rings. The molecule has 1 heterocycles. The Balaban J connectivity index is 2.58. The first-order valence-electron chi connectivity index (χ1n) is 3.51. The van der Waals surface area contributed by atoms with Crippen molar-refractivity contribution in [3.05, 3.63) is 27.8 Å². The molecule has 0 aromatic carbocycles. The first kappa shape index (κ1) is 7.80. The molecule has 10 heavy (non-hydrogen) atoms. The van der Waals surface area contributed by atoms with Gasteiger partial charge in [0.15, 0.2) is 0 Å². The molecule has 1 radical (unpaired) electrons. The minimum absolute atomic E-state index is 1.15. The van der Waals surface area contributed by atoms with Crippen LogP contribution in [-0.2, 0) is 6.42 Å². The van der Waals surface area contributed by atoms with E-state index < -0.39 is 0 Å². The number of hydrogen-bond acceptors (Lipinski definition) is 1. The molecule has 0 saturated heterocycles. The van der Waals surface area contributed by atoms with E-state index in [2.05, 4.69) is 32.2 Å². The molecule has 0 N–H and O–H groups in total. The number of thiophene rings is 1. The van der Waals surface area contributed by atoms with Gasteiger partial charge in [-0.25, -0.2) is 0 Å². The summed E-state index contributed by atoms with van der Waals surface area (Å²) in [5, 5.41) is 2.21. The Morgan fingerprint density at radius 2 is 2.20 bits per heavy atom. The summed E-state index contributed by atoms with van der Waals surface area (Å²) in [5.41, 5.74) is 1.39. The van der Waals surface area contributed by atoms with Crippen LogP contribution in [0.2, 0.25) is 0 Å². The number of aryl methyl sites for hydroxylation is 1. The van der Waals surface area contributed by atoms with E-state index in [1.165, 1.54) is 16.4 Å². The van der Waals surface area contributed by atoms with Crippen molar-refractivity contribution in [3.8, 4) is 0 Å². The van der Waals surface area contributed by atoms with Gasteiger partial charge in [0.05, 0.1) is 0 Å². The second kappa shape index (κ2) is 3.20. The summed E-state index contributed by atoms with van der Waals surface area (Å²) in [4.78, 5) is 1.48. The maximum absolute atomic E-state index is 2.26. The predicted molar refractivity (Wildman–Crippen MR) is 47.4 cm³/mol. The van der Waals surface area contributed by atoms with E-state index in [9.17, 15) is 0 Å². The highest BCUT2D eigenvalue weighted by Gasteiger charge is 1.99. The molecule has 0 saturated carbocycles. The summed E-state index contributed by atoms with van der Waals surface area (Å²) < 4.78 is 0.